The fourth-order valence-corrected chi connectivity index (χ4v) is 4.86. The number of nitrogens with one attached hydrogen (secondary N) is 1. The van der Waals surface area contributed by atoms with Crippen molar-refractivity contribution in [1.29, 1.82) is 0 Å². The predicted molar refractivity (Wildman–Crippen MR) is 153 cm³/mol. The van der Waals surface area contributed by atoms with Crippen LogP contribution in [0.25, 0.3) is 0 Å². The van der Waals surface area contributed by atoms with Gasteiger partial charge in [-0.05, 0) is 71.3 Å². The maximum atomic E-state index is 12.5. The van der Waals surface area contributed by atoms with Gasteiger partial charge in [-0.1, -0.05) is 54.2 Å². The molecule has 0 radical (unpaired) electrons. The Balaban J connectivity index is 1.23. The van der Waals surface area contributed by atoms with Crippen LogP contribution in [0, 0.1) is 0 Å². The molecule has 0 aliphatic carbocycles. The van der Waals surface area contributed by atoms with E-state index in [1.165, 1.54) is 13.0 Å². The molecule has 0 heterocycles. The van der Waals surface area contributed by atoms with Crippen molar-refractivity contribution >= 4 is 35.1 Å². The lowest BCUT2D eigenvalue weighted by atomic mass is 9.99. The number of amides is 1. The molecule has 0 aromatic heterocycles. The molecule has 0 bridgehead atoms. The highest BCUT2D eigenvalue weighted by Crippen LogP contribution is 2.29. The summed E-state index contributed by atoms with van der Waals surface area (Å²) in [5.41, 5.74) is 3.51. The highest BCUT2D eigenvalue weighted by atomic mass is 32.2. The van der Waals surface area contributed by atoms with Crippen LogP contribution in [-0.4, -0.2) is 29.4 Å². The average molecular weight is 540 g/mol. The number of benzene rings is 4. The van der Waals surface area contributed by atoms with Crippen molar-refractivity contribution in [3.63, 3.8) is 0 Å². The Hall–Kier alpha value is -4.36. The topological polar surface area (TPSA) is 92.7 Å². The van der Waals surface area contributed by atoms with E-state index in [0.717, 1.165) is 38.8 Å². The molecule has 0 spiro atoms. The molecular weight excluding hydrogens is 510 g/mol. The summed E-state index contributed by atoms with van der Waals surface area (Å²) >= 11 is 1.62. The average Bonchev–Trinajstić information content (AvgIpc) is 2.91. The molecular formula is C32H29NO5S. The van der Waals surface area contributed by atoms with E-state index in [1.54, 1.807) is 30.0 Å². The first kappa shape index (κ1) is 27.7. The first-order valence-corrected chi connectivity index (χ1v) is 13.4. The van der Waals surface area contributed by atoms with E-state index in [0.29, 0.717) is 12.2 Å². The Bertz CT molecular complexity index is 1430. The molecule has 4 aromatic rings. The minimum atomic E-state index is -1.02. The van der Waals surface area contributed by atoms with Gasteiger partial charge in [-0.2, -0.15) is 0 Å². The van der Waals surface area contributed by atoms with Crippen molar-refractivity contribution in [3.8, 4) is 5.75 Å². The summed E-state index contributed by atoms with van der Waals surface area (Å²) in [5.74, 6) is -0.338. The molecule has 4 rings (SSSR count). The first-order valence-electron chi connectivity index (χ1n) is 12.5. The summed E-state index contributed by atoms with van der Waals surface area (Å²) in [6.07, 6.45) is 1.11. The lowest BCUT2D eigenvalue weighted by molar-refractivity contribution is -0.118. The van der Waals surface area contributed by atoms with Gasteiger partial charge in [-0.3, -0.25) is 9.59 Å². The Morgan fingerprint density at radius 2 is 1.38 bits per heavy atom. The number of carbonyl (C=O) groups is 3. The van der Waals surface area contributed by atoms with Crippen LogP contribution in [0.4, 0.5) is 5.69 Å². The molecule has 0 unspecified atom stereocenters. The van der Waals surface area contributed by atoms with E-state index in [2.05, 4.69) is 5.32 Å². The van der Waals surface area contributed by atoms with Gasteiger partial charge in [0.25, 0.3) is 0 Å². The number of aromatic carboxylic acids is 1. The van der Waals surface area contributed by atoms with E-state index < -0.39 is 5.97 Å². The van der Waals surface area contributed by atoms with E-state index in [-0.39, 0.29) is 30.1 Å². The summed E-state index contributed by atoms with van der Waals surface area (Å²) in [5, 5.41) is 12.1. The van der Waals surface area contributed by atoms with Crippen LogP contribution < -0.4 is 10.1 Å². The molecule has 2 N–H and O–H groups in total. The zero-order chi connectivity index (χ0) is 27.6. The smallest absolute Gasteiger partial charge is 0.335 e. The lowest BCUT2D eigenvalue weighted by Gasteiger charge is -2.09. The zero-order valence-electron chi connectivity index (χ0n) is 21.6. The van der Waals surface area contributed by atoms with Gasteiger partial charge < -0.3 is 15.2 Å². The number of ketones is 1. The number of Topliss-reactive ketones (excluding diaryl/α,β-unsaturated/α-hetero) is 1. The fourth-order valence-electron chi connectivity index (χ4n) is 4.05. The van der Waals surface area contributed by atoms with E-state index in [4.69, 9.17) is 4.74 Å². The molecule has 6 nitrogen and oxygen atoms in total. The summed E-state index contributed by atoms with van der Waals surface area (Å²) < 4.78 is 5.88. The van der Waals surface area contributed by atoms with E-state index >= 15 is 0 Å². The van der Waals surface area contributed by atoms with Crippen LogP contribution >= 0.6 is 11.8 Å². The van der Waals surface area contributed by atoms with Crippen molar-refractivity contribution in [2.75, 3.05) is 11.9 Å². The molecule has 0 atom stereocenters. The molecule has 0 saturated heterocycles. The molecule has 1 amide bonds. The lowest BCUT2D eigenvalue weighted by Crippen LogP contribution is -2.10. The number of ether oxygens (including phenoxy) is 1. The number of hydrogen-bond donors (Lipinski definition) is 2. The molecule has 0 fully saturated rings. The number of carbonyl (C=O) groups excluding carboxylic acids is 2. The van der Waals surface area contributed by atoms with Gasteiger partial charge in [0.2, 0.25) is 5.91 Å². The molecule has 0 aliphatic rings. The van der Waals surface area contributed by atoms with Gasteiger partial charge in [0.1, 0.15) is 11.5 Å². The Kier molecular flexibility index (Phi) is 9.53. The summed E-state index contributed by atoms with van der Waals surface area (Å²) in [6.45, 7) is 2.04. The second-order valence-electron chi connectivity index (χ2n) is 9.05. The quantitative estimate of drug-likeness (QED) is 0.214. The van der Waals surface area contributed by atoms with Gasteiger partial charge in [0.05, 0.1) is 12.2 Å². The SMILES string of the molecule is CC(=O)Nc1ccc(CCOc2ccc(Sc3ccc(CC(=O)Cc4ccccc4C(=O)O)cc3)cc2)cc1. The summed E-state index contributed by atoms with van der Waals surface area (Å²) in [4.78, 5) is 37.2. The summed E-state index contributed by atoms with van der Waals surface area (Å²) in [6, 6.07) is 30.1. The van der Waals surface area contributed by atoms with E-state index in [1.807, 2.05) is 72.8 Å². The Morgan fingerprint density at radius 3 is 2.03 bits per heavy atom. The maximum Gasteiger partial charge on any atom is 0.335 e. The maximum absolute atomic E-state index is 12.5. The molecule has 39 heavy (non-hydrogen) atoms. The number of carboxylic acid groups (broad SMARTS) is 1. The largest absolute Gasteiger partial charge is 0.493 e. The van der Waals surface area contributed by atoms with Crippen LogP contribution in [0.1, 0.15) is 34.0 Å². The third-order valence-corrected chi connectivity index (χ3v) is 6.97. The van der Waals surface area contributed by atoms with Gasteiger partial charge in [0, 0.05) is 41.7 Å². The van der Waals surface area contributed by atoms with Crippen LogP contribution in [0.3, 0.4) is 0 Å². The monoisotopic (exact) mass is 539 g/mol. The standard InChI is InChI=1S/C32H29NO5S/c1-22(34)33-26-10-6-23(7-11-26)18-19-38-28-12-16-30(17-13-28)39-29-14-8-24(9-15-29)20-27(35)21-25-4-2-3-5-31(25)32(36)37/h2-17H,18-21H2,1H3,(H,33,34)(H,36,37). The van der Waals surface area contributed by atoms with Crippen molar-refractivity contribution in [3.05, 3.63) is 119 Å². The first-order chi connectivity index (χ1) is 18.9. The van der Waals surface area contributed by atoms with Gasteiger partial charge in [0.15, 0.2) is 0 Å². The third kappa shape index (κ3) is 8.58. The number of hydrogen-bond acceptors (Lipinski definition) is 5. The Morgan fingerprint density at radius 1 is 0.769 bits per heavy atom. The van der Waals surface area contributed by atoms with Crippen LogP contribution in [0.2, 0.25) is 0 Å². The summed E-state index contributed by atoms with van der Waals surface area (Å²) in [7, 11) is 0. The minimum absolute atomic E-state index is 0.0262. The van der Waals surface area contributed by atoms with Crippen molar-refractivity contribution in [1.82, 2.24) is 0 Å². The van der Waals surface area contributed by atoms with Crippen molar-refractivity contribution in [2.45, 2.75) is 36.0 Å². The normalized spacial score (nSPS) is 10.6. The van der Waals surface area contributed by atoms with Crippen molar-refractivity contribution < 1.29 is 24.2 Å². The molecule has 4 aromatic carbocycles. The number of rotatable bonds is 12. The highest BCUT2D eigenvalue weighted by Gasteiger charge is 2.13. The predicted octanol–water partition coefficient (Wildman–Crippen LogP) is 6.47. The van der Waals surface area contributed by atoms with Gasteiger partial charge in [-0.25, -0.2) is 4.79 Å². The van der Waals surface area contributed by atoms with Crippen molar-refractivity contribution in [2.24, 2.45) is 0 Å². The highest BCUT2D eigenvalue weighted by molar-refractivity contribution is 7.99. The minimum Gasteiger partial charge on any atom is -0.493 e. The molecule has 7 heteroatoms. The Labute approximate surface area is 232 Å². The molecule has 198 valence electrons. The second-order valence-corrected chi connectivity index (χ2v) is 10.2. The van der Waals surface area contributed by atoms with Crippen LogP contribution in [-0.2, 0) is 28.9 Å². The number of carboxylic acids is 1. The third-order valence-electron chi connectivity index (χ3n) is 5.95. The molecule has 0 saturated carbocycles. The van der Waals surface area contributed by atoms with Crippen LogP contribution in [0.15, 0.2) is 107 Å². The fraction of sp³-hybridized carbons (Fsp3) is 0.156. The van der Waals surface area contributed by atoms with Crippen LogP contribution in [0.5, 0.6) is 5.75 Å². The second kappa shape index (κ2) is 13.4. The van der Waals surface area contributed by atoms with Gasteiger partial charge >= 0.3 is 5.97 Å². The molecule has 0 aliphatic heterocycles. The zero-order valence-corrected chi connectivity index (χ0v) is 22.4. The van der Waals surface area contributed by atoms with Gasteiger partial charge in [-0.15, -0.1) is 0 Å². The number of anilines is 1. The van der Waals surface area contributed by atoms with E-state index in [9.17, 15) is 19.5 Å².